The van der Waals surface area contributed by atoms with Crippen molar-refractivity contribution in [2.45, 2.75) is 141 Å². The monoisotopic (exact) mass is 576 g/mol. The topological polar surface area (TPSA) is 161 Å². The number of esters is 1. The van der Waals surface area contributed by atoms with Gasteiger partial charge in [0, 0.05) is 18.0 Å². The van der Waals surface area contributed by atoms with Crippen LogP contribution in [0.2, 0.25) is 0 Å². The average Bonchev–Trinajstić information content (AvgIpc) is 2.87. The van der Waals surface area contributed by atoms with E-state index in [1.807, 2.05) is 32.8 Å². The van der Waals surface area contributed by atoms with E-state index >= 15 is 0 Å². The molecule has 6 N–H and O–H groups in total. The molecule has 2 aliphatic rings. The highest BCUT2D eigenvalue weighted by atomic mass is 16.7. The maximum atomic E-state index is 13.2. The van der Waals surface area contributed by atoms with Gasteiger partial charge in [-0.15, -0.1) is 0 Å². The molecule has 0 aromatic carbocycles. The number of carbonyl (C=O) groups excluding carboxylic acids is 1. The van der Waals surface area contributed by atoms with E-state index in [9.17, 15) is 30.3 Å². The van der Waals surface area contributed by atoms with Crippen LogP contribution in [0.1, 0.15) is 74.7 Å². The molecule has 11 nitrogen and oxygen atoms in total. The van der Waals surface area contributed by atoms with Crippen LogP contribution < -0.4 is 5.32 Å². The van der Waals surface area contributed by atoms with Gasteiger partial charge in [0.1, 0.15) is 23.9 Å². The second-order valence-electron chi connectivity index (χ2n) is 13.1. The van der Waals surface area contributed by atoms with E-state index < -0.39 is 71.9 Å². The van der Waals surface area contributed by atoms with Crippen LogP contribution in [-0.4, -0.2) is 123 Å². The second-order valence-corrected chi connectivity index (χ2v) is 13.1. The number of ether oxygens (including phenoxy) is 3. The van der Waals surface area contributed by atoms with Crippen molar-refractivity contribution in [2.24, 2.45) is 17.8 Å². The van der Waals surface area contributed by atoms with Crippen molar-refractivity contribution in [1.82, 2.24) is 10.2 Å². The first-order valence-electron chi connectivity index (χ1n) is 14.7. The van der Waals surface area contributed by atoms with Crippen LogP contribution >= 0.6 is 0 Å². The molecule has 11 heteroatoms. The standard InChI is InChI=1S/C29H56N2O9/c1-11-21-29(8,37)24(34)19(6)30-14-15(2)13-28(7,36)25(17(4)22(32)18(5)26(35)39-21)40-27-23(33)20(31(9)10)12-16(3)38-27/h15-25,27,30,32-34,36-37H,11-14H2,1-10H3/t15-,16-,17+,18-,19-,20+,21-,22+,23-,24?,25-,27+,28-,29?/m1/s1. The van der Waals surface area contributed by atoms with Crippen molar-refractivity contribution in [3.05, 3.63) is 0 Å². The van der Waals surface area contributed by atoms with Gasteiger partial charge in [-0.05, 0) is 80.4 Å². The average molecular weight is 577 g/mol. The fourth-order valence-corrected chi connectivity index (χ4v) is 6.36. The van der Waals surface area contributed by atoms with E-state index in [4.69, 9.17) is 14.2 Å². The van der Waals surface area contributed by atoms with Crippen LogP contribution in [-0.2, 0) is 19.0 Å². The molecule has 2 saturated heterocycles. The third-order valence-corrected chi connectivity index (χ3v) is 8.97. The van der Waals surface area contributed by atoms with E-state index in [1.165, 1.54) is 13.8 Å². The van der Waals surface area contributed by atoms with Crippen LogP contribution in [0.3, 0.4) is 0 Å². The first-order valence-corrected chi connectivity index (χ1v) is 14.7. The molecule has 2 heterocycles. The number of carbonyl (C=O) groups is 1. The van der Waals surface area contributed by atoms with Crippen molar-refractivity contribution in [3.63, 3.8) is 0 Å². The van der Waals surface area contributed by atoms with Gasteiger partial charge in [-0.1, -0.05) is 20.8 Å². The molecule has 2 rings (SSSR count). The van der Waals surface area contributed by atoms with E-state index in [0.717, 1.165) is 0 Å². The normalized spacial score (nSPS) is 48.8. The fraction of sp³-hybridized carbons (Fsp3) is 0.966. The number of rotatable bonds is 4. The Morgan fingerprint density at radius 1 is 1.05 bits per heavy atom. The zero-order valence-corrected chi connectivity index (χ0v) is 26.1. The van der Waals surface area contributed by atoms with E-state index in [-0.39, 0.29) is 30.9 Å². The summed E-state index contributed by atoms with van der Waals surface area (Å²) < 4.78 is 18.0. The van der Waals surface area contributed by atoms with Crippen molar-refractivity contribution >= 4 is 5.97 Å². The third kappa shape index (κ3) is 8.14. The van der Waals surface area contributed by atoms with Crippen LogP contribution in [0, 0.1) is 17.8 Å². The summed E-state index contributed by atoms with van der Waals surface area (Å²) in [7, 11) is 3.74. The SMILES string of the molecule is CC[C@H]1OC(=O)[C@H](C)[C@@H](O)[C@H](C)[C@@H](O[C@@H]2O[C@H](C)C[C@H](N(C)C)[C@H]2O)[C@](C)(O)C[C@@H](C)CN[C@H](C)C(O)C1(C)O. The number of aliphatic hydroxyl groups is 5. The summed E-state index contributed by atoms with van der Waals surface area (Å²) in [5, 5.41) is 59.8. The van der Waals surface area contributed by atoms with Crippen LogP contribution in [0.5, 0.6) is 0 Å². The molecular formula is C29H56N2O9. The van der Waals surface area contributed by atoms with Gasteiger partial charge < -0.3 is 50.0 Å². The van der Waals surface area contributed by atoms with Crippen molar-refractivity contribution in [2.75, 3.05) is 20.6 Å². The van der Waals surface area contributed by atoms with Gasteiger partial charge in [-0.25, -0.2) is 0 Å². The van der Waals surface area contributed by atoms with Gasteiger partial charge in [-0.2, -0.15) is 0 Å². The lowest BCUT2D eigenvalue weighted by molar-refractivity contribution is -0.299. The molecule has 0 saturated carbocycles. The molecule has 0 bridgehead atoms. The Kier molecular flexibility index (Phi) is 12.4. The number of cyclic esters (lactones) is 1. The zero-order valence-electron chi connectivity index (χ0n) is 26.1. The van der Waals surface area contributed by atoms with Crippen LogP contribution in [0.4, 0.5) is 0 Å². The first kappa shape index (κ1) is 35.3. The minimum absolute atomic E-state index is 0.113. The third-order valence-electron chi connectivity index (χ3n) is 8.97. The van der Waals surface area contributed by atoms with Crippen molar-refractivity contribution < 1.29 is 44.5 Å². The summed E-state index contributed by atoms with van der Waals surface area (Å²) in [5.74, 6) is -2.67. The molecule has 2 aliphatic heterocycles. The minimum Gasteiger partial charge on any atom is -0.459 e. The van der Waals surface area contributed by atoms with Crippen LogP contribution in [0.25, 0.3) is 0 Å². The first-order chi connectivity index (χ1) is 18.3. The van der Waals surface area contributed by atoms with Gasteiger partial charge in [-0.3, -0.25) is 4.79 Å². The molecule has 236 valence electrons. The molecule has 14 atom stereocenters. The molecule has 2 fully saturated rings. The van der Waals surface area contributed by atoms with Gasteiger partial charge in [0.15, 0.2) is 6.29 Å². The molecule has 0 radical (unpaired) electrons. The number of likely N-dealkylation sites (N-methyl/N-ethyl adjacent to an activating group) is 1. The lowest BCUT2D eigenvalue weighted by Crippen LogP contribution is -2.59. The Balaban J connectivity index is 2.48. The fourth-order valence-electron chi connectivity index (χ4n) is 6.36. The molecule has 40 heavy (non-hydrogen) atoms. The number of hydrogen-bond donors (Lipinski definition) is 6. The summed E-state index contributed by atoms with van der Waals surface area (Å²) in [6.07, 6.45) is -5.77. The van der Waals surface area contributed by atoms with Crippen molar-refractivity contribution in [3.8, 4) is 0 Å². The predicted molar refractivity (Wildman–Crippen MR) is 150 cm³/mol. The minimum atomic E-state index is -1.75. The number of nitrogens with zero attached hydrogens (tertiary/aromatic N) is 1. The van der Waals surface area contributed by atoms with Gasteiger partial charge in [0.05, 0.1) is 29.8 Å². The molecule has 0 aromatic rings. The Morgan fingerprint density at radius 2 is 1.65 bits per heavy atom. The highest BCUT2D eigenvalue weighted by Gasteiger charge is 2.49. The quantitative estimate of drug-likeness (QED) is 0.261. The molecule has 0 aliphatic carbocycles. The summed E-state index contributed by atoms with van der Waals surface area (Å²) in [5.41, 5.74) is -3.25. The Hall–Kier alpha value is -0.890. The lowest BCUT2D eigenvalue weighted by Gasteiger charge is -2.46. The van der Waals surface area contributed by atoms with Gasteiger partial charge >= 0.3 is 5.97 Å². The van der Waals surface area contributed by atoms with E-state index in [2.05, 4.69) is 5.32 Å². The van der Waals surface area contributed by atoms with Gasteiger partial charge in [0.25, 0.3) is 0 Å². The highest BCUT2D eigenvalue weighted by molar-refractivity contribution is 5.73. The molecule has 0 amide bonds. The smallest absolute Gasteiger partial charge is 0.311 e. The predicted octanol–water partition coefficient (Wildman–Crippen LogP) is 0.633. The summed E-state index contributed by atoms with van der Waals surface area (Å²) in [6.45, 7) is 14.0. The molecule has 0 spiro atoms. The molecular weight excluding hydrogens is 520 g/mol. The number of aliphatic hydroxyl groups excluding tert-OH is 3. The van der Waals surface area contributed by atoms with E-state index in [0.29, 0.717) is 13.0 Å². The zero-order chi connectivity index (χ0) is 30.7. The lowest BCUT2D eigenvalue weighted by atomic mass is 9.78. The maximum Gasteiger partial charge on any atom is 0.311 e. The summed E-state index contributed by atoms with van der Waals surface area (Å²) in [4.78, 5) is 15.1. The van der Waals surface area contributed by atoms with Crippen LogP contribution in [0.15, 0.2) is 0 Å². The van der Waals surface area contributed by atoms with Gasteiger partial charge in [0.2, 0.25) is 0 Å². The molecule has 2 unspecified atom stereocenters. The maximum absolute atomic E-state index is 13.2. The van der Waals surface area contributed by atoms with E-state index in [1.54, 1.807) is 27.7 Å². The Morgan fingerprint density at radius 3 is 2.20 bits per heavy atom. The summed E-state index contributed by atoms with van der Waals surface area (Å²) >= 11 is 0. The second kappa shape index (κ2) is 14.1. The number of nitrogens with one attached hydrogen (secondary N) is 1. The largest absolute Gasteiger partial charge is 0.459 e. The number of hydrogen-bond acceptors (Lipinski definition) is 11. The Bertz CT molecular complexity index is 810. The summed E-state index contributed by atoms with van der Waals surface area (Å²) in [6, 6.07) is -0.783. The van der Waals surface area contributed by atoms with Crippen molar-refractivity contribution in [1.29, 1.82) is 0 Å². The highest BCUT2D eigenvalue weighted by Crippen LogP contribution is 2.36. The Labute approximate surface area is 240 Å². The molecule has 0 aromatic heterocycles.